The first-order valence-electron chi connectivity index (χ1n) is 8.95. The van der Waals surface area contributed by atoms with Crippen molar-refractivity contribution in [3.63, 3.8) is 0 Å². The van der Waals surface area contributed by atoms with Crippen molar-refractivity contribution in [2.75, 3.05) is 38.2 Å². The van der Waals surface area contributed by atoms with E-state index in [-0.39, 0.29) is 5.91 Å². The molecule has 0 unspecified atom stereocenters. The highest BCUT2D eigenvalue weighted by molar-refractivity contribution is 5.93. The highest BCUT2D eigenvalue weighted by Gasteiger charge is 2.25. The summed E-state index contributed by atoms with van der Waals surface area (Å²) in [5.74, 6) is 1.35. The van der Waals surface area contributed by atoms with Gasteiger partial charge in [0.25, 0.3) is 5.91 Å². The van der Waals surface area contributed by atoms with Crippen LogP contribution in [0.4, 0.5) is 5.69 Å². The molecule has 0 saturated carbocycles. The van der Waals surface area contributed by atoms with Crippen molar-refractivity contribution in [3.05, 3.63) is 66.4 Å². The number of methoxy groups -OCH3 is 1. The van der Waals surface area contributed by atoms with Crippen LogP contribution in [0.3, 0.4) is 0 Å². The summed E-state index contributed by atoms with van der Waals surface area (Å²) >= 11 is 0. The molecule has 138 valence electrons. The molecule has 4 rings (SSSR count). The first-order valence-corrected chi connectivity index (χ1v) is 8.95. The standard InChI is InChI=1S/C21H21N3O3/c1-26-18-9-5-8-17(14-18)23-10-12-24(13-11-23)21(25)19-15-20(27-22-19)16-6-3-2-4-7-16/h2-9,14-15H,10-13H2,1H3. The lowest BCUT2D eigenvalue weighted by Crippen LogP contribution is -2.48. The maximum Gasteiger partial charge on any atom is 0.276 e. The quantitative estimate of drug-likeness (QED) is 0.712. The predicted octanol–water partition coefficient (Wildman–Crippen LogP) is 3.31. The number of anilines is 1. The van der Waals surface area contributed by atoms with E-state index in [0.717, 1.165) is 30.1 Å². The largest absolute Gasteiger partial charge is 0.497 e. The Labute approximate surface area is 157 Å². The Kier molecular flexibility index (Phi) is 4.78. The van der Waals surface area contributed by atoms with Crippen LogP contribution in [0.25, 0.3) is 11.3 Å². The third-order valence-corrected chi connectivity index (χ3v) is 4.77. The summed E-state index contributed by atoms with van der Waals surface area (Å²) in [6.07, 6.45) is 0. The molecule has 3 aromatic rings. The van der Waals surface area contributed by atoms with Gasteiger partial charge in [-0.3, -0.25) is 4.79 Å². The van der Waals surface area contributed by atoms with Crippen LogP contribution in [0, 0.1) is 0 Å². The van der Waals surface area contributed by atoms with Gasteiger partial charge in [0.2, 0.25) is 0 Å². The summed E-state index contributed by atoms with van der Waals surface area (Å²) in [6, 6.07) is 19.4. The molecule has 0 radical (unpaired) electrons. The van der Waals surface area contributed by atoms with E-state index in [0.29, 0.717) is 24.5 Å². The van der Waals surface area contributed by atoms with E-state index >= 15 is 0 Å². The first kappa shape index (κ1) is 17.1. The van der Waals surface area contributed by atoms with Crippen LogP contribution < -0.4 is 9.64 Å². The Bertz CT molecular complexity index is 915. The number of aromatic nitrogens is 1. The van der Waals surface area contributed by atoms with Gasteiger partial charge in [0.05, 0.1) is 7.11 Å². The van der Waals surface area contributed by atoms with E-state index in [4.69, 9.17) is 9.26 Å². The molecule has 1 aliphatic rings. The van der Waals surface area contributed by atoms with Gasteiger partial charge in [-0.25, -0.2) is 0 Å². The van der Waals surface area contributed by atoms with Crippen molar-refractivity contribution in [2.24, 2.45) is 0 Å². The van der Waals surface area contributed by atoms with Crippen molar-refractivity contribution in [3.8, 4) is 17.1 Å². The fourth-order valence-electron chi connectivity index (χ4n) is 3.25. The monoisotopic (exact) mass is 363 g/mol. The number of rotatable bonds is 4. The topological polar surface area (TPSA) is 58.8 Å². The SMILES string of the molecule is COc1cccc(N2CCN(C(=O)c3cc(-c4ccccc4)on3)CC2)c1. The number of carbonyl (C=O) groups excluding carboxylic acids is 1. The van der Waals surface area contributed by atoms with E-state index in [1.807, 2.05) is 53.4 Å². The van der Waals surface area contributed by atoms with Crippen molar-refractivity contribution in [2.45, 2.75) is 0 Å². The maximum atomic E-state index is 12.8. The van der Waals surface area contributed by atoms with Crippen LogP contribution in [0.5, 0.6) is 5.75 Å². The number of hydrogen-bond donors (Lipinski definition) is 0. The van der Waals surface area contributed by atoms with Crippen LogP contribution in [0.2, 0.25) is 0 Å². The number of benzene rings is 2. The average Bonchev–Trinajstić information content (AvgIpc) is 3.24. The predicted molar refractivity (Wildman–Crippen MR) is 103 cm³/mol. The number of hydrogen-bond acceptors (Lipinski definition) is 5. The van der Waals surface area contributed by atoms with Gasteiger partial charge >= 0.3 is 0 Å². The van der Waals surface area contributed by atoms with Crippen molar-refractivity contribution >= 4 is 11.6 Å². The summed E-state index contributed by atoms with van der Waals surface area (Å²) < 4.78 is 10.6. The molecule has 0 aliphatic carbocycles. The highest BCUT2D eigenvalue weighted by Crippen LogP contribution is 2.23. The second kappa shape index (κ2) is 7.53. The Morgan fingerprint density at radius 1 is 1.00 bits per heavy atom. The second-order valence-electron chi connectivity index (χ2n) is 6.42. The minimum atomic E-state index is -0.0915. The molecular formula is C21H21N3O3. The van der Waals surface area contributed by atoms with Gasteiger partial charge in [-0.05, 0) is 12.1 Å². The second-order valence-corrected chi connectivity index (χ2v) is 6.42. The van der Waals surface area contributed by atoms with Gasteiger partial charge in [-0.15, -0.1) is 0 Å². The molecular weight excluding hydrogens is 342 g/mol. The van der Waals surface area contributed by atoms with Gasteiger partial charge in [0, 0.05) is 49.6 Å². The van der Waals surface area contributed by atoms with E-state index in [1.165, 1.54) is 0 Å². The molecule has 0 spiro atoms. The van der Waals surface area contributed by atoms with Crippen molar-refractivity contribution in [1.82, 2.24) is 10.1 Å². The first-order chi connectivity index (χ1) is 13.2. The number of nitrogens with zero attached hydrogens (tertiary/aromatic N) is 3. The summed E-state index contributed by atoms with van der Waals surface area (Å²) in [5.41, 5.74) is 2.37. The lowest BCUT2D eigenvalue weighted by molar-refractivity contribution is 0.0736. The molecule has 0 atom stereocenters. The molecule has 1 saturated heterocycles. The molecule has 6 heteroatoms. The molecule has 0 N–H and O–H groups in total. The zero-order valence-electron chi connectivity index (χ0n) is 15.2. The normalized spacial score (nSPS) is 14.3. The number of ether oxygens (including phenoxy) is 1. The van der Waals surface area contributed by atoms with E-state index in [1.54, 1.807) is 13.2 Å². The van der Waals surface area contributed by atoms with E-state index in [9.17, 15) is 4.79 Å². The zero-order chi connectivity index (χ0) is 18.6. The van der Waals surface area contributed by atoms with Gasteiger partial charge < -0.3 is 19.1 Å². The van der Waals surface area contributed by atoms with Crippen LogP contribution in [-0.2, 0) is 0 Å². The zero-order valence-corrected chi connectivity index (χ0v) is 15.2. The molecule has 1 aromatic heterocycles. The summed E-state index contributed by atoms with van der Waals surface area (Å²) in [7, 11) is 1.66. The fraction of sp³-hybridized carbons (Fsp3) is 0.238. The molecule has 6 nitrogen and oxygen atoms in total. The lowest BCUT2D eigenvalue weighted by atomic mass is 10.1. The Balaban J connectivity index is 1.41. The molecule has 27 heavy (non-hydrogen) atoms. The van der Waals surface area contributed by atoms with Crippen LogP contribution in [0.15, 0.2) is 65.2 Å². The van der Waals surface area contributed by atoms with Crippen LogP contribution in [-0.4, -0.2) is 49.3 Å². The van der Waals surface area contributed by atoms with Gasteiger partial charge in [0.1, 0.15) is 5.75 Å². The molecule has 2 heterocycles. The van der Waals surface area contributed by atoms with Gasteiger partial charge in [-0.1, -0.05) is 41.6 Å². The molecule has 2 aromatic carbocycles. The molecule has 0 bridgehead atoms. The number of amides is 1. The van der Waals surface area contributed by atoms with Crippen molar-refractivity contribution in [1.29, 1.82) is 0 Å². The Morgan fingerprint density at radius 2 is 1.78 bits per heavy atom. The average molecular weight is 363 g/mol. The smallest absolute Gasteiger partial charge is 0.276 e. The van der Waals surface area contributed by atoms with E-state index in [2.05, 4.69) is 16.1 Å². The summed E-state index contributed by atoms with van der Waals surface area (Å²) in [4.78, 5) is 16.8. The molecule has 1 aliphatic heterocycles. The van der Waals surface area contributed by atoms with Gasteiger partial charge in [0.15, 0.2) is 11.5 Å². The number of piperazine rings is 1. The maximum absolute atomic E-state index is 12.8. The minimum absolute atomic E-state index is 0.0915. The highest BCUT2D eigenvalue weighted by atomic mass is 16.5. The van der Waals surface area contributed by atoms with Crippen LogP contribution >= 0.6 is 0 Å². The third kappa shape index (κ3) is 3.65. The van der Waals surface area contributed by atoms with Crippen LogP contribution in [0.1, 0.15) is 10.5 Å². The minimum Gasteiger partial charge on any atom is -0.497 e. The molecule has 1 amide bonds. The number of carbonyl (C=O) groups is 1. The summed E-state index contributed by atoms with van der Waals surface area (Å²) in [5, 5.41) is 3.97. The Hall–Kier alpha value is -3.28. The van der Waals surface area contributed by atoms with Gasteiger partial charge in [-0.2, -0.15) is 0 Å². The molecule has 1 fully saturated rings. The van der Waals surface area contributed by atoms with Crippen molar-refractivity contribution < 1.29 is 14.1 Å². The fourth-order valence-corrected chi connectivity index (χ4v) is 3.25. The Morgan fingerprint density at radius 3 is 2.52 bits per heavy atom. The summed E-state index contributed by atoms with van der Waals surface area (Å²) in [6.45, 7) is 2.82. The third-order valence-electron chi connectivity index (χ3n) is 4.77. The van der Waals surface area contributed by atoms with E-state index < -0.39 is 0 Å². The lowest BCUT2D eigenvalue weighted by Gasteiger charge is -2.35.